The van der Waals surface area contributed by atoms with Gasteiger partial charge in [0.15, 0.2) is 5.54 Å². The molecule has 1 aromatic heterocycles. The van der Waals surface area contributed by atoms with Crippen LogP contribution in [0.2, 0.25) is 4.34 Å². The summed E-state index contributed by atoms with van der Waals surface area (Å²) in [6, 6.07) is 9.27. The highest BCUT2D eigenvalue weighted by Gasteiger charge is 2.50. The summed E-state index contributed by atoms with van der Waals surface area (Å²) in [4.78, 5) is 28.7. The molecule has 2 atom stereocenters. The number of likely N-dealkylation sites (N-methyl/N-ethyl adjacent to an activating group) is 1. The summed E-state index contributed by atoms with van der Waals surface area (Å²) in [6.45, 7) is 2.00. The van der Waals surface area contributed by atoms with Gasteiger partial charge in [0.1, 0.15) is 11.5 Å². The maximum Gasteiger partial charge on any atom is 0.262 e. The van der Waals surface area contributed by atoms with Crippen LogP contribution in [0.1, 0.15) is 27.2 Å². The van der Waals surface area contributed by atoms with Crippen LogP contribution < -0.4 is 10.6 Å². The number of fused-ring (bicyclic) bond motifs is 1. The number of carbonyl (C=O) groups excluding carboxylic acids is 2. The Bertz CT molecular complexity index is 967. The lowest BCUT2D eigenvalue weighted by Gasteiger charge is -2.26. The second kappa shape index (κ2) is 8.88. The van der Waals surface area contributed by atoms with E-state index in [-0.39, 0.29) is 17.6 Å². The number of anilines is 1. The number of carbonyl (C=O) groups is 2. The summed E-state index contributed by atoms with van der Waals surface area (Å²) in [6.07, 6.45) is 2.26. The Kier molecular flexibility index (Phi) is 6.41. The van der Waals surface area contributed by atoms with E-state index < -0.39 is 16.7 Å². The molecule has 0 aliphatic carbocycles. The van der Waals surface area contributed by atoms with E-state index in [0.29, 0.717) is 27.1 Å². The van der Waals surface area contributed by atoms with Gasteiger partial charge >= 0.3 is 0 Å². The number of amides is 2. The molecule has 0 radical (unpaired) electrons. The van der Waals surface area contributed by atoms with Crippen LogP contribution >= 0.6 is 22.9 Å². The van der Waals surface area contributed by atoms with Crippen molar-refractivity contribution in [3.8, 4) is 0 Å². The highest BCUT2D eigenvalue weighted by molar-refractivity contribution is 7.91. The molecule has 2 aliphatic heterocycles. The number of rotatable bonds is 4. The maximum atomic E-state index is 13.3. The Morgan fingerprint density at radius 1 is 1.20 bits per heavy atom. The number of halogens is 1. The monoisotopic (exact) mass is 465 g/mol. The molecule has 0 saturated carbocycles. The summed E-state index contributed by atoms with van der Waals surface area (Å²) in [5, 5.41) is 5.82. The average molecular weight is 466 g/mol. The van der Waals surface area contributed by atoms with Gasteiger partial charge in [0.05, 0.1) is 9.21 Å². The number of nitrogens with one attached hydrogen (secondary N) is 2. The maximum absolute atomic E-state index is 13.3. The summed E-state index contributed by atoms with van der Waals surface area (Å²) < 4.78 is 12.7. The van der Waals surface area contributed by atoms with Crippen molar-refractivity contribution in [1.82, 2.24) is 10.2 Å². The van der Waals surface area contributed by atoms with Crippen LogP contribution in [0.3, 0.4) is 0 Å². The van der Waals surface area contributed by atoms with E-state index in [4.69, 9.17) is 11.6 Å². The van der Waals surface area contributed by atoms with Crippen molar-refractivity contribution in [2.75, 3.05) is 37.0 Å². The van der Waals surface area contributed by atoms with Crippen molar-refractivity contribution in [2.24, 2.45) is 0 Å². The standard InChI is InChI=1S/C21H24ClN3O3S2/c1-25-9-6-14-2-3-16(12-15(14)7-10-25)23-20(27)21(8-11-30(28)13-21)24-19(26)17-4-5-18(22)29-17/h2-5,12H,6-11,13H2,1H3,(H,23,27)(H,24,26). The molecule has 2 unspecified atom stereocenters. The summed E-state index contributed by atoms with van der Waals surface area (Å²) >= 11 is 5.94. The number of thiophene rings is 1. The molecule has 2 aromatic rings. The third-order valence-corrected chi connectivity index (χ3v) is 8.44. The van der Waals surface area contributed by atoms with Crippen molar-refractivity contribution in [2.45, 2.75) is 24.8 Å². The smallest absolute Gasteiger partial charge is 0.262 e. The second-order valence-electron chi connectivity index (χ2n) is 7.92. The number of hydrogen-bond acceptors (Lipinski definition) is 5. The third kappa shape index (κ3) is 4.68. The van der Waals surface area contributed by atoms with Gasteiger partial charge in [-0.3, -0.25) is 9.59 Å². The topological polar surface area (TPSA) is 84.5 Å². The van der Waals surface area contributed by atoms with Crippen LogP contribution in [0.15, 0.2) is 30.3 Å². The molecule has 2 aliphatic rings. The fraction of sp³-hybridized carbons (Fsp3) is 0.429. The lowest BCUT2D eigenvalue weighted by atomic mass is 9.96. The average Bonchev–Trinajstić information content (AvgIpc) is 3.26. The van der Waals surface area contributed by atoms with Crippen LogP contribution in [-0.2, 0) is 28.8 Å². The van der Waals surface area contributed by atoms with Gasteiger partial charge in [-0.15, -0.1) is 11.3 Å². The van der Waals surface area contributed by atoms with Crippen molar-refractivity contribution in [1.29, 1.82) is 0 Å². The molecule has 1 aromatic carbocycles. The highest BCUT2D eigenvalue weighted by atomic mass is 35.5. The number of nitrogens with zero attached hydrogens (tertiary/aromatic N) is 1. The van der Waals surface area contributed by atoms with Crippen LogP contribution in [0, 0.1) is 0 Å². The SMILES string of the molecule is CN1CCc2ccc(NC(=O)C3(NC(=O)c4ccc(Cl)s4)CC[S+]([O-])C3)cc2CC1. The van der Waals surface area contributed by atoms with E-state index in [9.17, 15) is 14.1 Å². The minimum Gasteiger partial charge on any atom is -0.616 e. The first-order valence-corrected chi connectivity index (χ1v) is 12.6. The Morgan fingerprint density at radius 2 is 1.97 bits per heavy atom. The molecule has 1 saturated heterocycles. The van der Waals surface area contributed by atoms with Crippen molar-refractivity contribution >= 4 is 51.6 Å². The van der Waals surface area contributed by atoms with Crippen LogP contribution in [-0.4, -0.2) is 58.4 Å². The van der Waals surface area contributed by atoms with Gasteiger partial charge in [-0.1, -0.05) is 28.8 Å². The minimum atomic E-state index is -1.19. The molecule has 6 nitrogen and oxygen atoms in total. The van der Waals surface area contributed by atoms with E-state index in [1.165, 1.54) is 11.1 Å². The zero-order valence-corrected chi connectivity index (χ0v) is 19.1. The fourth-order valence-corrected chi connectivity index (χ4v) is 6.48. The summed E-state index contributed by atoms with van der Waals surface area (Å²) in [5.41, 5.74) is 2.05. The normalized spacial score (nSPS) is 24.2. The lowest BCUT2D eigenvalue weighted by Crippen LogP contribution is -2.57. The largest absolute Gasteiger partial charge is 0.616 e. The third-order valence-electron chi connectivity index (χ3n) is 5.74. The molecule has 9 heteroatoms. The fourth-order valence-electron chi connectivity index (χ4n) is 3.92. The van der Waals surface area contributed by atoms with E-state index in [1.54, 1.807) is 12.1 Å². The molecule has 30 heavy (non-hydrogen) atoms. The van der Waals surface area contributed by atoms with Gasteiger partial charge in [-0.05, 0) is 55.3 Å². The van der Waals surface area contributed by atoms with Gasteiger partial charge < -0.3 is 20.1 Å². The van der Waals surface area contributed by atoms with Crippen LogP contribution in [0.4, 0.5) is 5.69 Å². The Balaban J connectivity index is 1.52. The van der Waals surface area contributed by atoms with Crippen molar-refractivity contribution in [3.63, 3.8) is 0 Å². The van der Waals surface area contributed by atoms with E-state index in [1.807, 2.05) is 12.1 Å². The van der Waals surface area contributed by atoms with Crippen molar-refractivity contribution < 1.29 is 14.1 Å². The predicted molar refractivity (Wildman–Crippen MR) is 122 cm³/mol. The summed E-state index contributed by atoms with van der Waals surface area (Å²) in [7, 11) is 2.11. The highest BCUT2D eigenvalue weighted by Crippen LogP contribution is 2.29. The summed E-state index contributed by atoms with van der Waals surface area (Å²) in [5.74, 6) is -0.199. The molecule has 2 amide bonds. The quantitative estimate of drug-likeness (QED) is 0.680. The predicted octanol–water partition coefficient (Wildman–Crippen LogP) is 2.69. The van der Waals surface area contributed by atoms with E-state index in [0.717, 1.165) is 37.3 Å². The van der Waals surface area contributed by atoms with Crippen molar-refractivity contribution in [3.05, 3.63) is 50.7 Å². The molecule has 160 valence electrons. The van der Waals surface area contributed by atoms with Gasteiger partial charge in [0.2, 0.25) is 0 Å². The molecule has 0 spiro atoms. The Morgan fingerprint density at radius 3 is 2.63 bits per heavy atom. The molecular formula is C21H24ClN3O3S2. The Hall–Kier alpha value is -1.58. The zero-order valence-electron chi connectivity index (χ0n) is 16.7. The molecular weight excluding hydrogens is 442 g/mol. The molecule has 4 rings (SSSR count). The van der Waals surface area contributed by atoms with Crippen LogP contribution in [0.25, 0.3) is 0 Å². The first-order chi connectivity index (χ1) is 14.3. The number of benzene rings is 1. The second-order valence-corrected chi connectivity index (χ2v) is 11.2. The molecule has 0 bridgehead atoms. The minimum absolute atomic E-state index is 0.111. The van der Waals surface area contributed by atoms with Gasteiger partial charge in [-0.25, -0.2) is 0 Å². The first-order valence-electron chi connectivity index (χ1n) is 9.89. The lowest BCUT2D eigenvalue weighted by molar-refractivity contribution is -0.121. The van der Waals surface area contributed by atoms with E-state index in [2.05, 4.69) is 28.6 Å². The first kappa shape index (κ1) is 21.6. The molecule has 2 N–H and O–H groups in total. The van der Waals surface area contributed by atoms with Gasteiger partial charge in [-0.2, -0.15) is 0 Å². The van der Waals surface area contributed by atoms with Gasteiger partial charge in [0.25, 0.3) is 11.8 Å². The zero-order chi connectivity index (χ0) is 21.3. The van der Waals surface area contributed by atoms with E-state index >= 15 is 0 Å². The Labute approximate surface area is 188 Å². The molecule has 1 fully saturated rings. The molecule has 3 heterocycles. The van der Waals surface area contributed by atoms with Crippen LogP contribution in [0.5, 0.6) is 0 Å². The number of hydrogen-bond donors (Lipinski definition) is 2. The van der Waals surface area contributed by atoms with Gasteiger partial charge in [0, 0.05) is 25.2 Å².